The van der Waals surface area contributed by atoms with Crippen molar-refractivity contribution in [1.82, 2.24) is 5.32 Å². The number of carbonyl (C=O) groups is 1. The van der Waals surface area contributed by atoms with Crippen LogP contribution in [0.5, 0.6) is 5.75 Å². The van der Waals surface area contributed by atoms with Gasteiger partial charge < -0.3 is 10.1 Å². The van der Waals surface area contributed by atoms with Crippen molar-refractivity contribution in [2.75, 3.05) is 24.0 Å². The molecule has 0 aliphatic rings. The first kappa shape index (κ1) is 25.9. The summed E-state index contributed by atoms with van der Waals surface area (Å²) in [7, 11) is -4.09. The fourth-order valence-corrected chi connectivity index (χ4v) is 5.08. The first-order valence-corrected chi connectivity index (χ1v) is 12.8. The summed E-state index contributed by atoms with van der Waals surface area (Å²) in [5, 5.41) is 3.16. The van der Waals surface area contributed by atoms with E-state index in [1.54, 1.807) is 18.2 Å². The van der Waals surface area contributed by atoms with Crippen molar-refractivity contribution in [2.45, 2.75) is 25.7 Å². The number of nitrogens with zero attached hydrogens (tertiary/aromatic N) is 1. The van der Waals surface area contributed by atoms with Crippen LogP contribution in [0.4, 0.5) is 5.69 Å². The molecule has 3 aromatic rings. The highest BCUT2D eigenvalue weighted by atomic mass is 35.5. The minimum atomic E-state index is -4.09. The smallest absolute Gasteiger partial charge is 0.264 e. The summed E-state index contributed by atoms with van der Waals surface area (Å²) in [5.74, 6) is 0.236. The number of anilines is 1. The van der Waals surface area contributed by atoms with Crippen LogP contribution in [-0.4, -0.2) is 34.0 Å². The Labute approximate surface area is 210 Å². The summed E-state index contributed by atoms with van der Waals surface area (Å²) < 4.78 is 33.6. The van der Waals surface area contributed by atoms with Gasteiger partial charge in [-0.3, -0.25) is 9.10 Å². The molecular formula is C25H26Cl2N2O4S. The molecule has 6 nitrogen and oxygen atoms in total. The fourth-order valence-electron chi connectivity index (χ4n) is 3.21. The highest BCUT2D eigenvalue weighted by molar-refractivity contribution is 7.92. The minimum absolute atomic E-state index is 0.0419. The van der Waals surface area contributed by atoms with Crippen molar-refractivity contribution in [1.29, 1.82) is 0 Å². The number of aryl methyl sites for hydroxylation is 3. The lowest BCUT2D eigenvalue weighted by atomic mass is 10.1. The maximum absolute atomic E-state index is 13.4. The molecule has 180 valence electrons. The van der Waals surface area contributed by atoms with Crippen molar-refractivity contribution in [2.24, 2.45) is 0 Å². The number of amides is 1. The van der Waals surface area contributed by atoms with Crippen molar-refractivity contribution in [3.8, 4) is 5.75 Å². The van der Waals surface area contributed by atoms with Gasteiger partial charge in [0.2, 0.25) is 5.91 Å². The van der Waals surface area contributed by atoms with Gasteiger partial charge in [-0.25, -0.2) is 8.42 Å². The third kappa shape index (κ3) is 6.44. The van der Waals surface area contributed by atoms with E-state index in [1.165, 1.54) is 24.3 Å². The van der Waals surface area contributed by atoms with E-state index >= 15 is 0 Å². The van der Waals surface area contributed by atoms with Crippen LogP contribution in [0.25, 0.3) is 0 Å². The van der Waals surface area contributed by atoms with E-state index in [1.807, 2.05) is 39.0 Å². The van der Waals surface area contributed by atoms with E-state index in [0.717, 1.165) is 26.7 Å². The Morgan fingerprint density at radius 3 is 2.32 bits per heavy atom. The highest BCUT2D eigenvalue weighted by Gasteiger charge is 2.29. The molecule has 0 heterocycles. The first-order chi connectivity index (χ1) is 16.1. The van der Waals surface area contributed by atoms with Gasteiger partial charge >= 0.3 is 0 Å². The normalized spacial score (nSPS) is 11.2. The lowest BCUT2D eigenvalue weighted by Gasteiger charge is -2.25. The number of halogens is 2. The molecule has 9 heteroatoms. The standard InChI is InChI=1S/C25H26Cl2N2O4S/c1-17-5-9-21(10-6-17)34(31,32)29(23-15-20(26)8-11-22(23)27)16-25(30)28-12-13-33-24-14-18(2)4-7-19(24)3/h4-11,14-15H,12-13,16H2,1-3H3,(H,28,30). The predicted octanol–water partition coefficient (Wildman–Crippen LogP) is 5.31. The van der Waals surface area contributed by atoms with Crippen LogP contribution in [0.1, 0.15) is 16.7 Å². The summed E-state index contributed by atoms with van der Waals surface area (Å²) in [6.45, 7) is 5.73. The third-order valence-corrected chi connectivity index (χ3v) is 7.43. The number of ether oxygens (including phenoxy) is 1. The van der Waals surface area contributed by atoms with Crippen LogP contribution in [0.3, 0.4) is 0 Å². The average Bonchev–Trinajstić information content (AvgIpc) is 2.79. The maximum Gasteiger partial charge on any atom is 0.264 e. The number of hydrogen-bond donors (Lipinski definition) is 1. The van der Waals surface area contributed by atoms with Crippen LogP contribution in [0, 0.1) is 20.8 Å². The van der Waals surface area contributed by atoms with E-state index in [4.69, 9.17) is 27.9 Å². The van der Waals surface area contributed by atoms with Crippen LogP contribution < -0.4 is 14.4 Å². The number of nitrogens with one attached hydrogen (secondary N) is 1. The Kier molecular flexibility index (Phi) is 8.47. The van der Waals surface area contributed by atoms with Crippen LogP contribution in [0.2, 0.25) is 10.0 Å². The Morgan fingerprint density at radius 1 is 0.941 bits per heavy atom. The third-order valence-electron chi connectivity index (χ3n) is 5.10. The Morgan fingerprint density at radius 2 is 1.62 bits per heavy atom. The fraction of sp³-hybridized carbons (Fsp3) is 0.240. The van der Waals surface area contributed by atoms with Crippen molar-refractivity contribution in [3.05, 3.63) is 87.4 Å². The minimum Gasteiger partial charge on any atom is -0.491 e. The second-order valence-corrected chi connectivity index (χ2v) is 10.6. The number of carbonyl (C=O) groups excluding carboxylic acids is 1. The Bertz CT molecular complexity index is 1280. The number of hydrogen-bond acceptors (Lipinski definition) is 4. The zero-order valence-electron chi connectivity index (χ0n) is 19.1. The zero-order valence-corrected chi connectivity index (χ0v) is 21.5. The number of rotatable bonds is 9. The molecule has 1 N–H and O–H groups in total. The summed E-state index contributed by atoms with van der Waals surface area (Å²) >= 11 is 12.4. The van der Waals surface area contributed by atoms with Crippen molar-refractivity contribution < 1.29 is 17.9 Å². The van der Waals surface area contributed by atoms with Gasteiger partial charge in [-0.05, 0) is 68.3 Å². The van der Waals surface area contributed by atoms with Crippen molar-refractivity contribution >= 4 is 44.8 Å². The van der Waals surface area contributed by atoms with Gasteiger partial charge in [0, 0.05) is 5.02 Å². The largest absolute Gasteiger partial charge is 0.491 e. The summed E-state index contributed by atoms with van der Waals surface area (Å²) in [6, 6.07) is 16.7. The second kappa shape index (κ2) is 11.1. The monoisotopic (exact) mass is 520 g/mol. The molecule has 0 atom stereocenters. The van der Waals surface area contributed by atoms with E-state index in [9.17, 15) is 13.2 Å². The molecule has 0 unspecified atom stereocenters. The Hall–Kier alpha value is -2.74. The number of benzene rings is 3. The highest BCUT2D eigenvalue weighted by Crippen LogP contribution is 2.33. The van der Waals surface area contributed by atoms with E-state index in [-0.39, 0.29) is 28.8 Å². The lowest BCUT2D eigenvalue weighted by Crippen LogP contribution is -2.42. The SMILES string of the molecule is Cc1ccc(S(=O)(=O)N(CC(=O)NCCOc2cc(C)ccc2C)c2cc(Cl)ccc2Cl)cc1. The molecule has 0 bridgehead atoms. The molecular weight excluding hydrogens is 495 g/mol. The summed E-state index contributed by atoms with van der Waals surface area (Å²) in [5.41, 5.74) is 3.09. The van der Waals surface area contributed by atoms with Crippen LogP contribution in [-0.2, 0) is 14.8 Å². The predicted molar refractivity (Wildman–Crippen MR) is 137 cm³/mol. The molecule has 0 radical (unpaired) electrons. The molecule has 3 rings (SSSR count). The molecule has 0 aliphatic carbocycles. The molecule has 0 saturated heterocycles. The summed E-state index contributed by atoms with van der Waals surface area (Å²) in [6.07, 6.45) is 0. The first-order valence-electron chi connectivity index (χ1n) is 10.6. The molecule has 0 spiro atoms. The van der Waals surface area contributed by atoms with Gasteiger partial charge in [-0.1, -0.05) is 53.0 Å². The quantitative estimate of drug-likeness (QED) is 0.388. The van der Waals surface area contributed by atoms with Gasteiger partial charge in [0.1, 0.15) is 18.9 Å². The summed E-state index contributed by atoms with van der Waals surface area (Å²) in [4.78, 5) is 12.8. The second-order valence-electron chi connectivity index (χ2n) is 7.89. The van der Waals surface area contributed by atoms with E-state index in [2.05, 4.69) is 5.32 Å². The average molecular weight is 521 g/mol. The molecule has 0 fully saturated rings. The van der Waals surface area contributed by atoms with Gasteiger partial charge in [0.05, 0.1) is 22.2 Å². The van der Waals surface area contributed by atoms with Gasteiger partial charge in [0.25, 0.3) is 10.0 Å². The molecule has 0 aliphatic heterocycles. The van der Waals surface area contributed by atoms with E-state index in [0.29, 0.717) is 5.02 Å². The Balaban J connectivity index is 1.76. The topological polar surface area (TPSA) is 75.7 Å². The number of sulfonamides is 1. The maximum atomic E-state index is 13.4. The molecule has 1 amide bonds. The molecule has 0 aromatic heterocycles. The zero-order chi connectivity index (χ0) is 24.9. The lowest BCUT2D eigenvalue weighted by molar-refractivity contribution is -0.119. The molecule has 34 heavy (non-hydrogen) atoms. The van der Waals surface area contributed by atoms with Gasteiger partial charge in [0.15, 0.2) is 0 Å². The van der Waals surface area contributed by atoms with E-state index < -0.39 is 22.5 Å². The molecule has 3 aromatic carbocycles. The van der Waals surface area contributed by atoms with Crippen molar-refractivity contribution in [3.63, 3.8) is 0 Å². The van der Waals surface area contributed by atoms with Gasteiger partial charge in [-0.15, -0.1) is 0 Å². The van der Waals surface area contributed by atoms with Crippen LogP contribution in [0.15, 0.2) is 65.6 Å². The molecule has 0 saturated carbocycles. The van der Waals surface area contributed by atoms with Crippen LogP contribution >= 0.6 is 23.2 Å². The van der Waals surface area contributed by atoms with Gasteiger partial charge in [-0.2, -0.15) is 0 Å².